The van der Waals surface area contributed by atoms with Crippen molar-refractivity contribution < 1.29 is 20.1 Å². The van der Waals surface area contributed by atoms with Crippen molar-refractivity contribution in [3.8, 4) is 23.7 Å². The van der Waals surface area contributed by atoms with Gasteiger partial charge in [0.25, 0.3) is 0 Å². The molecule has 3 atom stereocenters. The lowest BCUT2D eigenvalue weighted by molar-refractivity contribution is -0.137. The minimum atomic E-state index is -0.843. The molecule has 0 aliphatic carbocycles. The normalized spacial score (nSPS) is 19.0. The molecule has 1 rings (SSSR count). The van der Waals surface area contributed by atoms with Crippen molar-refractivity contribution in [2.45, 2.75) is 49.6 Å². The van der Waals surface area contributed by atoms with Crippen LogP contribution in [0.2, 0.25) is 0 Å². The standard InChI is InChI=1S/C16H20O4S/c17-14(15(18)10-6-7-11-16(19)20)9-5-3-1-2-4-8-13-12-21-13/h3,5,13-15,17-18H,6-7,9-12H2,(H,19,20)/p+1/b5-3+/t13-,14-,15-/m1/s1. The van der Waals surface area contributed by atoms with Gasteiger partial charge in [0, 0.05) is 6.42 Å². The lowest BCUT2D eigenvalue weighted by Gasteiger charge is -2.15. The Balaban J connectivity index is 2.12. The van der Waals surface area contributed by atoms with Crippen LogP contribution in [0, 0.1) is 23.7 Å². The maximum Gasteiger partial charge on any atom is 0.303 e. The van der Waals surface area contributed by atoms with Crippen molar-refractivity contribution in [2.75, 3.05) is 5.75 Å². The van der Waals surface area contributed by atoms with Crippen LogP contribution in [0.1, 0.15) is 32.1 Å². The number of aliphatic carboxylic acids is 1. The Kier molecular flexibility index (Phi) is 8.69. The van der Waals surface area contributed by atoms with E-state index >= 15 is 0 Å². The van der Waals surface area contributed by atoms with Gasteiger partial charge in [-0.3, -0.25) is 4.79 Å². The molecule has 5 heteroatoms. The van der Waals surface area contributed by atoms with Crippen LogP contribution in [0.15, 0.2) is 12.2 Å². The van der Waals surface area contributed by atoms with Crippen LogP contribution in [0.4, 0.5) is 0 Å². The second-order valence-corrected chi connectivity index (χ2v) is 6.19. The molecule has 1 aliphatic rings. The molecular formula is C16H21O4S+. The smallest absolute Gasteiger partial charge is 0.303 e. The molecule has 0 amide bonds. The molecule has 0 aromatic carbocycles. The Morgan fingerprint density at radius 2 is 2.05 bits per heavy atom. The van der Waals surface area contributed by atoms with Crippen LogP contribution in [0.3, 0.4) is 0 Å². The predicted molar refractivity (Wildman–Crippen MR) is 84.8 cm³/mol. The van der Waals surface area contributed by atoms with E-state index in [0.717, 1.165) is 5.75 Å². The molecule has 1 fully saturated rings. The van der Waals surface area contributed by atoms with E-state index in [9.17, 15) is 15.0 Å². The van der Waals surface area contributed by atoms with Gasteiger partial charge in [-0.05, 0) is 54.9 Å². The number of rotatable bonds is 8. The topological polar surface area (TPSA) is 77.8 Å². The highest BCUT2D eigenvalue weighted by Crippen LogP contribution is 2.10. The molecule has 0 aromatic rings. The van der Waals surface area contributed by atoms with Gasteiger partial charge in [0.05, 0.1) is 12.2 Å². The lowest BCUT2D eigenvalue weighted by atomic mass is 10.0. The third-order valence-corrected chi connectivity index (χ3v) is 3.76. The molecule has 21 heavy (non-hydrogen) atoms. The van der Waals surface area contributed by atoms with Gasteiger partial charge in [-0.1, -0.05) is 18.4 Å². The van der Waals surface area contributed by atoms with Crippen LogP contribution in [-0.2, 0) is 16.6 Å². The molecule has 0 unspecified atom stereocenters. The van der Waals surface area contributed by atoms with Crippen LogP contribution in [0.5, 0.6) is 0 Å². The Morgan fingerprint density at radius 3 is 2.71 bits per heavy atom. The maximum atomic E-state index is 10.3. The van der Waals surface area contributed by atoms with Gasteiger partial charge in [0.2, 0.25) is 5.25 Å². The first-order valence-electron chi connectivity index (χ1n) is 7.00. The summed E-state index contributed by atoms with van der Waals surface area (Å²) in [4.78, 5) is 10.3. The number of carboxylic acids is 1. The zero-order valence-corrected chi connectivity index (χ0v) is 12.7. The highest BCUT2D eigenvalue weighted by atomic mass is 32.2. The molecule has 1 saturated heterocycles. The minimum absolute atomic E-state index is 0.0969. The Bertz CT molecular complexity index is 474. The quantitative estimate of drug-likeness (QED) is 0.201. The second kappa shape index (κ2) is 10.3. The van der Waals surface area contributed by atoms with Crippen LogP contribution < -0.4 is 0 Å². The van der Waals surface area contributed by atoms with Gasteiger partial charge in [0.1, 0.15) is 0 Å². The third kappa shape index (κ3) is 10.0. The summed E-state index contributed by atoms with van der Waals surface area (Å²) in [7, 11) is 0. The molecule has 0 radical (unpaired) electrons. The molecule has 4 nitrogen and oxygen atoms in total. The fourth-order valence-corrected chi connectivity index (χ4v) is 1.94. The fourth-order valence-electron chi connectivity index (χ4n) is 1.59. The Hall–Kier alpha value is -1.40. The van der Waals surface area contributed by atoms with Gasteiger partial charge >= 0.3 is 5.97 Å². The number of aliphatic hydroxyl groups is 2. The largest absolute Gasteiger partial charge is 0.481 e. The molecule has 1 aliphatic heterocycles. The van der Waals surface area contributed by atoms with Crippen LogP contribution in [-0.4, -0.2) is 44.5 Å². The van der Waals surface area contributed by atoms with Gasteiger partial charge in [0.15, 0.2) is 5.75 Å². The van der Waals surface area contributed by atoms with E-state index in [1.165, 1.54) is 11.8 Å². The first kappa shape index (κ1) is 17.7. The summed E-state index contributed by atoms with van der Waals surface area (Å²) >= 11 is 1.39. The van der Waals surface area contributed by atoms with E-state index < -0.39 is 18.2 Å². The summed E-state index contributed by atoms with van der Waals surface area (Å²) in [5, 5.41) is 28.4. The molecule has 3 N–H and O–H groups in total. The van der Waals surface area contributed by atoms with E-state index in [4.69, 9.17) is 5.11 Å². The van der Waals surface area contributed by atoms with Crippen molar-refractivity contribution in [3.05, 3.63) is 12.2 Å². The Labute approximate surface area is 129 Å². The summed E-state index contributed by atoms with van der Waals surface area (Å²) in [6, 6.07) is 0. The van der Waals surface area contributed by atoms with Gasteiger partial charge < -0.3 is 15.3 Å². The molecule has 1 heterocycles. The number of thiol groups is 1. The lowest BCUT2D eigenvalue weighted by Crippen LogP contribution is -2.25. The molecule has 0 saturated carbocycles. The van der Waals surface area contributed by atoms with Crippen molar-refractivity contribution in [1.82, 2.24) is 0 Å². The molecular weight excluding hydrogens is 288 g/mol. The van der Waals surface area contributed by atoms with Crippen LogP contribution >= 0.6 is 0 Å². The fraction of sp³-hybridized carbons (Fsp3) is 0.562. The van der Waals surface area contributed by atoms with E-state index in [1.54, 1.807) is 12.2 Å². The average Bonchev–Trinajstić information content (AvgIpc) is 3.26. The van der Waals surface area contributed by atoms with Crippen molar-refractivity contribution >= 4 is 17.7 Å². The number of unbranched alkanes of at least 4 members (excludes halogenated alkanes) is 1. The van der Waals surface area contributed by atoms with Crippen molar-refractivity contribution in [1.29, 1.82) is 0 Å². The zero-order chi connectivity index (χ0) is 15.5. The number of allylic oxidation sites excluding steroid dienone is 1. The Morgan fingerprint density at radius 1 is 1.29 bits per heavy atom. The monoisotopic (exact) mass is 309 g/mol. The van der Waals surface area contributed by atoms with Gasteiger partial charge in [-0.15, -0.1) is 0 Å². The average molecular weight is 309 g/mol. The highest BCUT2D eigenvalue weighted by molar-refractivity contribution is 7.87. The number of aliphatic hydroxyl groups excluding tert-OH is 2. The molecule has 0 bridgehead atoms. The second-order valence-electron chi connectivity index (χ2n) is 4.83. The van der Waals surface area contributed by atoms with Gasteiger partial charge in [-0.2, -0.15) is 0 Å². The van der Waals surface area contributed by atoms with E-state index in [1.807, 2.05) is 0 Å². The van der Waals surface area contributed by atoms with E-state index in [0.29, 0.717) is 30.9 Å². The number of carboxylic acid groups (broad SMARTS) is 1. The van der Waals surface area contributed by atoms with Crippen molar-refractivity contribution in [2.24, 2.45) is 0 Å². The minimum Gasteiger partial charge on any atom is -0.481 e. The summed E-state index contributed by atoms with van der Waals surface area (Å²) in [6.07, 6.45) is 3.58. The number of hydrogen-bond acceptors (Lipinski definition) is 3. The predicted octanol–water partition coefficient (Wildman–Crippen LogP) is 0.503. The number of hydrogen-bond donors (Lipinski definition) is 3. The molecule has 114 valence electrons. The summed E-state index contributed by atoms with van der Waals surface area (Å²) in [5.41, 5.74) is 0. The summed E-state index contributed by atoms with van der Waals surface area (Å²) in [6.45, 7) is 0. The SMILES string of the molecule is O=C(O)CCCC[C@@H](O)[C@H](O)C/C=C/C#CC#C[C@@H]1C[SH+]1. The highest BCUT2D eigenvalue weighted by Gasteiger charge is 2.31. The molecule has 0 spiro atoms. The van der Waals surface area contributed by atoms with E-state index in [-0.39, 0.29) is 6.42 Å². The first-order chi connectivity index (χ1) is 10.1. The first-order valence-corrected chi connectivity index (χ1v) is 8.15. The zero-order valence-electron chi connectivity index (χ0n) is 11.8. The van der Waals surface area contributed by atoms with Crippen LogP contribution in [0.25, 0.3) is 0 Å². The third-order valence-electron chi connectivity index (χ3n) is 2.90. The van der Waals surface area contributed by atoms with Gasteiger partial charge in [-0.25, -0.2) is 0 Å². The maximum absolute atomic E-state index is 10.3. The summed E-state index contributed by atoms with van der Waals surface area (Å²) in [5.74, 6) is 11.6. The van der Waals surface area contributed by atoms with E-state index in [2.05, 4.69) is 23.7 Å². The summed E-state index contributed by atoms with van der Waals surface area (Å²) < 4.78 is 0. The molecule has 0 aromatic heterocycles. The number of carbonyl (C=O) groups is 1. The van der Waals surface area contributed by atoms with Crippen molar-refractivity contribution in [3.63, 3.8) is 0 Å².